The zero-order valence-electron chi connectivity index (χ0n) is 15.0. The lowest BCUT2D eigenvalue weighted by Gasteiger charge is -2.27. The molecule has 2 atom stereocenters. The van der Waals surface area contributed by atoms with E-state index in [-0.39, 0.29) is 24.2 Å². The van der Waals surface area contributed by atoms with Crippen molar-refractivity contribution in [3.8, 4) is 17.2 Å². The van der Waals surface area contributed by atoms with Crippen LogP contribution >= 0.6 is 12.4 Å². The predicted molar refractivity (Wildman–Crippen MR) is 106 cm³/mol. The Morgan fingerprint density at radius 3 is 2.46 bits per heavy atom. The Morgan fingerprint density at radius 1 is 1.12 bits per heavy atom. The van der Waals surface area contributed by atoms with Gasteiger partial charge in [0.1, 0.15) is 5.75 Å². The number of nitrogens with one attached hydrogen (secondary N) is 2. The molecule has 1 amide bonds. The summed E-state index contributed by atoms with van der Waals surface area (Å²) in [5, 5.41) is 6.36. The summed E-state index contributed by atoms with van der Waals surface area (Å²) in [6.45, 7) is 3.01. The maximum absolute atomic E-state index is 12.4. The average molecular weight is 377 g/mol. The van der Waals surface area contributed by atoms with Crippen molar-refractivity contribution in [1.29, 1.82) is 0 Å². The number of piperidine rings is 1. The SMILES string of the molecule is COc1ccccc1Oc1ccc(NC(=O)[C@H]2CCN[C@@H](C)C2)cc1.Cl. The number of para-hydroxylation sites is 2. The van der Waals surface area contributed by atoms with Crippen molar-refractivity contribution in [3.63, 3.8) is 0 Å². The van der Waals surface area contributed by atoms with Crippen LogP contribution in [0.1, 0.15) is 19.8 Å². The van der Waals surface area contributed by atoms with Gasteiger partial charge in [-0.05, 0) is 62.7 Å². The smallest absolute Gasteiger partial charge is 0.227 e. The number of hydrogen-bond donors (Lipinski definition) is 2. The second-order valence-corrected chi connectivity index (χ2v) is 6.34. The molecule has 5 nitrogen and oxygen atoms in total. The lowest BCUT2D eigenvalue weighted by molar-refractivity contribution is -0.120. The topological polar surface area (TPSA) is 59.6 Å². The number of carbonyl (C=O) groups is 1. The van der Waals surface area contributed by atoms with E-state index in [1.807, 2.05) is 48.5 Å². The first-order chi connectivity index (χ1) is 12.2. The van der Waals surface area contributed by atoms with Crippen LogP contribution in [0.4, 0.5) is 5.69 Å². The van der Waals surface area contributed by atoms with Crippen LogP contribution in [0.3, 0.4) is 0 Å². The van der Waals surface area contributed by atoms with Crippen LogP contribution in [0.15, 0.2) is 48.5 Å². The normalized spacial score (nSPS) is 19.2. The number of rotatable bonds is 5. The molecule has 0 radical (unpaired) electrons. The first kappa shape index (κ1) is 20.1. The van der Waals surface area contributed by atoms with Gasteiger partial charge in [0.15, 0.2) is 11.5 Å². The van der Waals surface area contributed by atoms with Crippen LogP contribution in [0.2, 0.25) is 0 Å². The van der Waals surface area contributed by atoms with Crippen molar-refractivity contribution in [3.05, 3.63) is 48.5 Å². The molecule has 2 aromatic carbocycles. The standard InChI is InChI=1S/C20H24N2O3.ClH/c1-14-13-15(11-12-21-14)20(23)22-16-7-9-17(10-8-16)25-19-6-4-3-5-18(19)24-2;/h3-10,14-15,21H,11-13H2,1-2H3,(H,22,23);1H/t14-,15-;/m0./s1. The third-order valence-electron chi connectivity index (χ3n) is 4.41. The summed E-state index contributed by atoms with van der Waals surface area (Å²) in [7, 11) is 1.61. The zero-order valence-corrected chi connectivity index (χ0v) is 15.8. The molecule has 140 valence electrons. The van der Waals surface area contributed by atoms with Gasteiger partial charge in [-0.15, -0.1) is 12.4 Å². The van der Waals surface area contributed by atoms with E-state index in [2.05, 4.69) is 17.6 Å². The van der Waals surface area contributed by atoms with Gasteiger partial charge in [0.2, 0.25) is 5.91 Å². The van der Waals surface area contributed by atoms with Crippen molar-refractivity contribution >= 4 is 24.0 Å². The van der Waals surface area contributed by atoms with Crippen LogP contribution in [0, 0.1) is 5.92 Å². The van der Waals surface area contributed by atoms with E-state index >= 15 is 0 Å². The van der Waals surface area contributed by atoms with Gasteiger partial charge in [0.25, 0.3) is 0 Å². The van der Waals surface area contributed by atoms with Crippen LogP contribution in [0.25, 0.3) is 0 Å². The summed E-state index contributed by atoms with van der Waals surface area (Å²) in [4.78, 5) is 12.4. The quantitative estimate of drug-likeness (QED) is 0.819. The predicted octanol–water partition coefficient (Wildman–Crippen LogP) is 4.24. The fourth-order valence-electron chi connectivity index (χ4n) is 3.05. The maximum Gasteiger partial charge on any atom is 0.227 e. The highest BCUT2D eigenvalue weighted by atomic mass is 35.5. The van der Waals surface area contributed by atoms with E-state index in [1.54, 1.807) is 7.11 Å². The highest BCUT2D eigenvalue weighted by Crippen LogP contribution is 2.31. The van der Waals surface area contributed by atoms with Gasteiger partial charge in [0, 0.05) is 17.6 Å². The number of methoxy groups -OCH3 is 1. The number of hydrogen-bond acceptors (Lipinski definition) is 4. The molecule has 0 bridgehead atoms. The monoisotopic (exact) mass is 376 g/mol. The highest BCUT2D eigenvalue weighted by molar-refractivity contribution is 5.92. The number of halogens is 1. The molecular formula is C20H25ClN2O3. The molecule has 1 heterocycles. The van der Waals surface area contributed by atoms with Gasteiger partial charge in [-0.25, -0.2) is 0 Å². The Kier molecular flexibility index (Phi) is 7.30. The van der Waals surface area contributed by atoms with E-state index in [9.17, 15) is 4.79 Å². The van der Waals surface area contributed by atoms with E-state index in [1.165, 1.54) is 0 Å². The summed E-state index contributed by atoms with van der Waals surface area (Å²) >= 11 is 0. The number of ether oxygens (including phenoxy) is 2. The lowest BCUT2D eigenvalue weighted by Crippen LogP contribution is -2.40. The Hall–Kier alpha value is -2.24. The first-order valence-electron chi connectivity index (χ1n) is 8.61. The van der Waals surface area contributed by atoms with E-state index < -0.39 is 0 Å². The molecule has 0 saturated carbocycles. The Balaban J connectivity index is 0.00000243. The van der Waals surface area contributed by atoms with Gasteiger partial charge < -0.3 is 20.1 Å². The molecule has 2 aromatic rings. The Morgan fingerprint density at radius 2 is 1.81 bits per heavy atom. The van der Waals surface area contributed by atoms with Crippen LogP contribution in [-0.4, -0.2) is 25.6 Å². The van der Waals surface area contributed by atoms with Gasteiger partial charge in [0.05, 0.1) is 7.11 Å². The fourth-order valence-corrected chi connectivity index (χ4v) is 3.05. The van der Waals surface area contributed by atoms with E-state index in [0.29, 0.717) is 23.3 Å². The van der Waals surface area contributed by atoms with Crippen molar-refractivity contribution in [2.45, 2.75) is 25.8 Å². The molecule has 2 N–H and O–H groups in total. The second-order valence-electron chi connectivity index (χ2n) is 6.34. The van der Waals surface area contributed by atoms with Gasteiger partial charge >= 0.3 is 0 Å². The molecule has 0 spiro atoms. The highest BCUT2D eigenvalue weighted by Gasteiger charge is 2.24. The molecule has 1 aliphatic rings. The summed E-state index contributed by atoms with van der Waals surface area (Å²) < 4.78 is 11.1. The zero-order chi connectivity index (χ0) is 17.6. The minimum Gasteiger partial charge on any atom is -0.493 e. The molecule has 1 saturated heterocycles. The largest absolute Gasteiger partial charge is 0.493 e. The summed E-state index contributed by atoms with van der Waals surface area (Å²) in [5.41, 5.74) is 0.781. The molecular weight excluding hydrogens is 352 g/mol. The molecule has 1 fully saturated rings. The Bertz CT molecular complexity index is 721. The maximum atomic E-state index is 12.4. The summed E-state index contributed by atoms with van der Waals surface area (Å²) in [6.07, 6.45) is 1.76. The van der Waals surface area contributed by atoms with E-state index in [4.69, 9.17) is 9.47 Å². The lowest BCUT2D eigenvalue weighted by atomic mass is 9.92. The molecule has 0 aromatic heterocycles. The molecule has 1 aliphatic heterocycles. The van der Waals surface area contributed by atoms with Crippen LogP contribution in [-0.2, 0) is 4.79 Å². The minimum absolute atomic E-state index is 0. The molecule has 3 rings (SSSR count). The van der Waals surface area contributed by atoms with Gasteiger partial charge in [-0.1, -0.05) is 12.1 Å². The van der Waals surface area contributed by atoms with Crippen molar-refractivity contribution in [1.82, 2.24) is 5.32 Å². The number of carbonyl (C=O) groups excluding carboxylic acids is 1. The van der Waals surface area contributed by atoms with Crippen molar-refractivity contribution in [2.75, 3.05) is 19.0 Å². The first-order valence-corrected chi connectivity index (χ1v) is 8.61. The number of anilines is 1. The molecule has 26 heavy (non-hydrogen) atoms. The summed E-state index contributed by atoms with van der Waals surface area (Å²) in [6, 6.07) is 15.3. The third kappa shape index (κ3) is 5.13. The van der Waals surface area contributed by atoms with Crippen LogP contribution in [0.5, 0.6) is 17.2 Å². The van der Waals surface area contributed by atoms with Gasteiger partial charge in [-0.3, -0.25) is 4.79 Å². The molecule has 6 heteroatoms. The molecule has 0 unspecified atom stereocenters. The van der Waals surface area contributed by atoms with E-state index in [0.717, 1.165) is 25.1 Å². The third-order valence-corrected chi connectivity index (χ3v) is 4.41. The average Bonchev–Trinajstić information content (AvgIpc) is 2.64. The summed E-state index contributed by atoms with van der Waals surface area (Å²) in [5.74, 6) is 2.19. The minimum atomic E-state index is 0. The number of amides is 1. The Labute approximate surface area is 160 Å². The van der Waals surface area contributed by atoms with Crippen molar-refractivity contribution in [2.24, 2.45) is 5.92 Å². The van der Waals surface area contributed by atoms with Crippen molar-refractivity contribution < 1.29 is 14.3 Å². The molecule has 0 aliphatic carbocycles. The fraction of sp³-hybridized carbons (Fsp3) is 0.350. The number of benzene rings is 2. The second kappa shape index (κ2) is 9.46. The van der Waals surface area contributed by atoms with Crippen LogP contribution < -0.4 is 20.1 Å². The van der Waals surface area contributed by atoms with Gasteiger partial charge in [-0.2, -0.15) is 0 Å².